The lowest BCUT2D eigenvalue weighted by Crippen LogP contribution is -2.35. The number of halogens is 1. The molecule has 3 rings (SSSR count). The average Bonchev–Trinajstić information content (AvgIpc) is 2.80. The van der Waals surface area contributed by atoms with Crippen molar-refractivity contribution in [1.82, 2.24) is 4.31 Å². The Bertz CT molecular complexity index is 785. The molecule has 0 aliphatic carbocycles. The Labute approximate surface area is 140 Å². The van der Waals surface area contributed by atoms with Gasteiger partial charge in [-0.25, -0.2) is 12.8 Å². The van der Waals surface area contributed by atoms with Gasteiger partial charge in [-0.05, 0) is 48.9 Å². The van der Waals surface area contributed by atoms with Crippen molar-refractivity contribution in [3.05, 3.63) is 52.0 Å². The Kier molecular flexibility index (Phi) is 4.85. The molecule has 1 saturated heterocycles. The van der Waals surface area contributed by atoms with Crippen molar-refractivity contribution in [2.45, 2.75) is 43.5 Å². The number of hydrogen-bond donors (Lipinski definition) is 0. The van der Waals surface area contributed by atoms with Crippen LogP contribution >= 0.6 is 11.3 Å². The third-order valence-corrected chi connectivity index (χ3v) is 7.39. The fourth-order valence-corrected chi connectivity index (χ4v) is 6.01. The molecule has 124 valence electrons. The van der Waals surface area contributed by atoms with E-state index in [1.54, 1.807) is 17.4 Å². The van der Waals surface area contributed by atoms with E-state index in [0.29, 0.717) is 6.54 Å². The van der Waals surface area contributed by atoms with Gasteiger partial charge in [0.15, 0.2) is 0 Å². The van der Waals surface area contributed by atoms with Gasteiger partial charge in [0.05, 0.1) is 6.04 Å². The van der Waals surface area contributed by atoms with Crippen LogP contribution in [0.3, 0.4) is 0 Å². The fraction of sp³-hybridized carbons (Fsp3) is 0.412. The van der Waals surface area contributed by atoms with Crippen LogP contribution in [0.15, 0.2) is 40.6 Å². The maximum atomic E-state index is 14.1. The summed E-state index contributed by atoms with van der Waals surface area (Å²) in [7, 11) is -3.84. The van der Waals surface area contributed by atoms with Crippen molar-refractivity contribution in [3.63, 3.8) is 0 Å². The molecular weight excluding hydrogens is 333 g/mol. The zero-order chi connectivity index (χ0) is 16.4. The van der Waals surface area contributed by atoms with Crippen LogP contribution in [0.5, 0.6) is 0 Å². The van der Waals surface area contributed by atoms with Gasteiger partial charge in [-0.15, -0.1) is 11.3 Å². The molecule has 0 bridgehead atoms. The molecule has 0 saturated carbocycles. The number of thiophene rings is 1. The molecule has 0 spiro atoms. The second kappa shape index (κ2) is 6.71. The number of hydrogen-bond acceptors (Lipinski definition) is 3. The lowest BCUT2D eigenvalue weighted by atomic mass is 10.1. The van der Waals surface area contributed by atoms with E-state index in [2.05, 4.69) is 0 Å². The SMILES string of the molecule is Cc1ccsc1[C@H]1CCCCCN1S(=O)(=O)c1ccccc1F. The monoisotopic (exact) mass is 353 g/mol. The van der Waals surface area contributed by atoms with Crippen molar-refractivity contribution >= 4 is 21.4 Å². The Morgan fingerprint density at radius 2 is 1.96 bits per heavy atom. The molecular formula is C17H20FNO2S2. The summed E-state index contributed by atoms with van der Waals surface area (Å²) >= 11 is 1.58. The smallest absolute Gasteiger partial charge is 0.207 e. The lowest BCUT2D eigenvalue weighted by molar-refractivity contribution is 0.330. The highest BCUT2D eigenvalue weighted by atomic mass is 32.2. The Hall–Kier alpha value is -1.24. The normalized spacial score (nSPS) is 20.3. The molecule has 3 nitrogen and oxygen atoms in total. The first-order chi connectivity index (χ1) is 11.0. The Morgan fingerprint density at radius 3 is 2.65 bits per heavy atom. The molecule has 1 aromatic heterocycles. The first kappa shape index (κ1) is 16.6. The number of rotatable bonds is 3. The van der Waals surface area contributed by atoms with E-state index in [0.717, 1.165) is 36.1 Å². The molecule has 1 aliphatic heterocycles. The van der Waals surface area contributed by atoms with Crippen LogP contribution in [0, 0.1) is 12.7 Å². The van der Waals surface area contributed by atoms with Gasteiger partial charge >= 0.3 is 0 Å². The highest BCUT2D eigenvalue weighted by Gasteiger charge is 2.35. The predicted molar refractivity (Wildman–Crippen MR) is 90.6 cm³/mol. The van der Waals surface area contributed by atoms with Crippen LogP contribution in [-0.4, -0.2) is 19.3 Å². The zero-order valence-electron chi connectivity index (χ0n) is 13.0. The van der Waals surface area contributed by atoms with E-state index < -0.39 is 15.8 Å². The van der Waals surface area contributed by atoms with Crippen molar-refractivity contribution in [1.29, 1.82) is 0 Å². The summed E-state index contributed by atoms with van der Waals surface area (Å²) in [6, 6.07) is 7.46. The average molecular weight is 353 g/mol. The summed E-state index contributed by atoms with van der Waals surface area (Å²) in [5.74, 6) is -0.682. The minimum absolute atomic E-state index is 0.192. The summed E-state index contributed by atoms with van der Waals surface area (Å²) < 4.78 is 41.7. The van der Waals surface area contributed by atoms with E-state index in [1.807, 2.05) is 18.4 Å². The largest absolute Gasteiger partial charge is 0.246 e. The van der Waals surface area contributed by atoms with Crippen LogP contribution in [-0.2, 0) is 10.0 Å². The Balaban J connectivity index is 2.06. The molecule has 0 unspecified atom stereocenters. The summed E-state index contributed by atoms with van der Waals surface area (Å²) in [5, 5.41) is 1.99. The molecule has 2 heterocycles. The van der Waals surface area contributed by atoms with Crippen molar-refractivity contribution in [2.75, 3.05) is 6.54 Å². The second-order valence-corrected chi connectivity index (χ2v) is 8.69. The molecule has 0 N–H and O–H groups in total. The molecule has 1 aromatic carbocycles. The summed E-state index contributed by atoms with van der Waals surface area (Å²) in [4.78, 5) is 0.855. The van der Waals surface area contributed by atoms with E-state index in [4.69, 9.17) is 0 Å². The van der Waals surface area contributed by atoms with Crippen molar-refractivity contribution in [3.8, 4) is 0 Å². The van der Waals surface area contributed by atoms with Gasteiger partial charge in [-0.3, -0.25) is 0 Å². The van der Waals surface area contributed by atoms with Crippen LogP contribution in [0.2, 0.25) is 0 Å². The van der Waals surface area contributed by atoms with E-state index >= 15 is 0 Å². The number of benzene rings is 1. The molecule has 0 radical (unpaired) electrons. The standard InChI is InChI=1S/C17H20FNO2S2/c1-13-10-12-22-17(13)15-8-3-2-6-11-19(15)23(20,21)16-9-5-4-7-14(16)18/h4-5,7,9-10,12,15H,2-3,6,8,11H2,1H3/t15-/m1/s1. The highest BCUT2D eigenvalue weighted by molar-refractivity contribution is 7.89. The van der Waals surface area contributed by atoms with Gasteiger partial charge in [0.2, 0.25) is 10.0 Å². The van der Waals surface area contributed by atoms with Crippen LogP contribution < -0.4 is 0 Å². The second-order valence-electron chi connectivity index (χ2n) is 5.88. The summed E-state index contributed by atoms with van der Waals surface area (Å²) in [6.07, 6.45) is 3.60. The third-order valence-electron chi connectivity index (χ3n) is 4.33. The van der Waals surface area contributed by atoms with Gasteiger partial charge in [0.1, 0.15) is 10.7 Å². The molecule has 1 aliphatic rings. The van der Waals surface area contributed by atoms with Gasteiger partial charge in [-0.1, -0.05) is 25.0 Å². The number of sulfonamides is 1. The van der Waals surface area contributed by atoms with Gasteiger partial charge in [0, 0.05) is 11.4 Å². The van der Waals surface area contributed by atoms with Crippen LogP contribution in [0.1, 0.15) is 42.2 Å². The fourth-order valence-electron chi connectivity index (χ4n) is 3.14. The molecule has 23 heavy (non-hydrogen) atoms. The molecule has 1 fully saturated rings. The molecule has 2 aromatic rings. The Morgan fingerprint density at radius 1 is 1.17 bits per heavy atom. The van der Waals surface area contributed by atoms with Gasteiger partial charge in [-0.2, -0.15) is 4.31 Å². The van der Waals surface area contributed by atoms with Crippen molar-refractivity contribution < 1.29 is 12.8 Å². The maximum absolute atomic E-state index is 14.1. The van der Waals surface area contributed by atoms with Gasteiger partial charge in [0.25, 0.3) is 0 Å². The zero-order valence-corrected chi connectivity index (χ0v) is 14.7. The van der Waals surface area contributed by atoms with E-state index in [-0.39, 0.29) is 10.9 Å². The molecule has 0 amide bonds. The minimum atomic E-state index is -3.84. The first-order valence-corrected chi connectivity index (χ1v) is 10.1. The predicted octanol–water partition coefficient (Wildman–Crippen LogP) is 4.50. The highest BCUT2D eigenvalue weighted by Crippen LogP contribution is 2.38. The first-order valence-electron chi connectivity index (χ1n) is 7.82. The summed E-state index contributed by atoms with van der Waals surface area (Å²) in [5.41, 5.74) is 1.11. The van der Waals surface area contributed by atoms with E-state index in [1.165, 1.54) is 22.5 Å². The van der Waals surface area contributed by atoms with E-state index in [9.17, 15) is 12.8 Å². The van der Waals surface area contributed by atoms with Crippen LogP contribution in [0.25, 0.3) is 0 Å². The van der Waals surface area contributed by atoms with Crippen LogP contribution in [0.4, 0.5) is 4.39 Å². The topological polar surface area (TPSA) is 37.4 Å². The quantitative estimate of drug-likeness (QED) is 0.814. The minimum Gasteiger partial charge on any atom is -0.207 e. The number of aryl methyl sites for hydroxylation is 1. The maximum Gasteiger partial charge on any atom is 0.246 e. The summed E-state index contributed by atoms with van der Waals surface area (Å²) in [6.45, 7) is 2.45. The third kappa shape index (κ3) is 3.20. The van der Waals surface area contributed by atoms with Gasteiger partial charge < -0.3 is 0 Å². The molecule has 6 heteroatoms. The van der Waals surface area contributed by atoms with Crippen molar-refractivity contribution in [2.24, 2.45) is 0 Å². The lowest BCUT2D eigenvalue weighted by Gasteiger charge is -2.29. The molecule has 1 atom stereocenters. The number of nitrogens with zero attached hydrogens (tertiary/aromatic N) is 1.